The molecule has 0 radical (unpaired) electrons. The Morgan fingerprint density at radius 1 is 1.04 bits per heavy atom. The number of methoxy groups -OCH3 is 1. The van der Waals surface area contributed by atoms with Gasteiger partial charge in [-0.05, 0) is 36.8 Å². The van der Waals surface area contributed by atoms with E-state index in [2.05, 4.69) is 11.0 Å². The average molecular weight is 345 g/mol. The van der Waals surface area contributed by atoms with Crippen LogP contribution in [-0.2, 0) is 0 Å². The Kier molecular flexibility index (Phi) is 4.95. The molecule has 0 spiro atoms. The molecule has 1 heterocycles. The molecule has 4 nitrogen and oxygen atoms in total. The summed E-state index contributed by atoms with van der Waals surface area (Å²) in [5, 5.41) is 0.778. The minimum absolute atomic E-state index is 0.0231. The molecule has 0 saturated carbocycles. The van der Waals surface area contributed by atoms with Gasteiger partial charge >= 0.3 is 0 Å². The van der Waals surface area contributed by atoms with Gasteiger partial charge in [0.05, 0.1) is 12.7 Å². The number of halogens is 1. The van der Waals surface area contributed by atoms with E-state index in [-0.39, 0.29) is 5.91 Å². The predicted molar refractivity (Wildman–Crippen MR) is 97.3 cm³/mol. The molecule has 1 fully saturated rings. The molecule has 5 heteroatoms. The van der Waals surface area contributed by atoms with E-state index in [1.54, 1.807) is 7.11 Å². The summed E-state index contributed by atoms with van der Waals surface area (Å²) in [6, 6.07) is 13.3. The van der Waals surface area contributed by atoms with E-state index in [9.17, 15) is 4.79 Å². The van der Waals surface area contributed by atoms with Crippen LogP contribution in [0, 0.1) is 6.92 Å². The van der Waals surface area contributed by atoms with Gasteiger partial charge in [0, 0.05) is 36.9 Å². The lowest BCUT2D eigenvalue weighted by Gasteiger charge is -2.37. The van der Waals surface area contributed by atoms with Gasteiger partial charge in [0.1, 0.15) is 5.75 Å². The van der Waals surface area contributed by atoms with Gasteiger partial charge in [0.25, 0.3) is 5.91 Å². The van der Waals surface area contributed by atoms with E-state index in [1.807, 2.05) is 48.2 Å². The first-order chi connectivity index (χ1) is 11.6. The predicted octanol–water partition coefficient (Wildman–Crippen LogP) is 3.62. The number of para-hydroxylation sites is 1. The van der Waals surface area contributed by atoms with Crippen LogP contribution in [0.1, 0.15) is 15.9 Å². The second kappa shape index (κ2) is 7.14. The molecule has 1 aliphatic rings. The molecule has 2 aromatic rings. The van der Waals surface area contributed by atoms with Gasteiger partial charge in [-0.3, -0.25) is 4.79 Å². The molecule has 0 aromatic heterocycles. The first kappa shape index (κ1) is 16.7. The van der Waals surface area contributed by atoms with Gasteiger partial charge in [-0.2, -0.15) is 0 Å². The highest BCUT2D eigenvalue weighted by Crippen LogP contribution is 2.28. The lowest BCUT2D eigenvalue weighted by Crippen LogP contribution is -2.49. The number of rotatable bonds is 3. The lowest BCUT2D eigenvalue weighted by molar-refractivity contribution is 0.0743. The van der Waals surface area contributed by atoms with E-state index in [1.165, 1.54) is 0 Å². The standard InChI is InChI=1S/C19H21ClN2O2/c1-14-16(20)7-5-8-17(14)21-10-12-22(13-11-21)19(23)15-6-3-4-9-18(15)24-2/h3-9H,10-13H2,1-2H3. The molecule has 24 heavy (non-hydrogen) atoms. The number of carbonyl (C=O) groups excluding carboxylic acids is 1. The first-order valence-electron chi connectivity index (χ1n) is 8.04. The summed E-state index contributed by atoms with van der Waals surface area (Å²) in [7, 11) is 1.59. The van der Waals surface area contributed by atoms with Crippen LogP contribution in [0.3, 0.4) is 0 Å². The van der Waals surface area contributed by atoms with Crippen molar-refractivity contribution in [3.05, 3.63) is 58.6 Å². The zero-order chi connectivity index (χ0) is 17.1. The summed E-state index contributed by atoms with van der Waals surface area (Å²) in [5.41, 5.74) is 2.85. The third kappa shape index (κ3) is 3.20. The molecule has 1 amide bonds. The Morgan fingerprint density at radius 3 is 2.46 bits per heavy atom. The largest absolute Gasteiger partial charge is 0.496 e. The number of benzene rings is 2. The molecular weight excluding hydrogens is 324 g/mol. The monoisotopic (exact) mass is 344 g/mol. The second-order valence-corrected chi connectivity index (χ2v) is 6.27. The normalized spacial score (nSPS) is 14.6. The second-order valence-electron chi connectivity index (χ2n) is 5.86. The number of nitrogens with zero attached hydrogens (tertiary/aromatic N) is 2. The maximum absolute atomic E-state index is 12.7. The fourth-order valence-electron chi connectivity index (χ4n) is 3.08. The van der Waals surface area contributed by atoms with E-state index in [0.717, 1.165) is 29.4 Å². The van der Waals surface area contributed by atoms with E-state index in [4.69, 9.17) is 16.3 Å². The van der Waals surface area contributed by atoms with Crippen molar-refractivity contribution < 1.29 is 9.53 Å². The Balaban J connectivity index is 1.71. The van der Waals surface area contributed by atoms with Crippen molar-refractivity contribution in [1.29, 1.82) is 0 Å². The average Bonchev–Trinajstić information content (AvgIpc) is 2.63. The van der Waals surface area contributed by atoms with E-state index in [0.29, 0.717) is 24.4 Å². The number of anilines is 1. The highest BCUT2D eigenvalue weighted by molar-refractivity contribution is 6.31. The van der Waals surface area contributed by atoms with Crippen LogP contribution in [0.25, 0.3) is 0 Å². The Morgan fingerprint density at radius 2 is 1.75 bits per heavy atom. The highest BCUT2D eigenvalue weighted by Gasteiger charge is 2.24. The van der Waals surface area contributed by atoms with Crippen LogP contribution in [0.2, 0.25) is 5.02 Å². The van der Waals surface area contributed by atoms with Gasteiger partial charge in [-0.1, -0.05) is 29.8 Å². The molecule has 3 rings (SSSR count). The van der Waals surface area contributed by atoms with Crippen LogP contribution in [0.4, 0.5) is 5.69 Å². The number of amides is 1. The topological polar surface area (TPSA) is 32.8 Å². The SMILES string of the molecule is COc1ccccc1C(=O)N1CCN(c2cccc(Cl)c2C)CC1. The van der Waals surface area contributed by atoms with Crippen molar-refractivity contribution in [2.24, 2.45) is 0 Å². The number of carbonyl (C=O) groups is 1. The van der Waals surface area contributed by atoms with Gasteiger partial charge in [0.2, 0.25) is 0 Å². The zero-order valence-electron chi connectivity index (χ0n) is 14.0. The number of piperazine rings is 1. The fraction of sp³-hybridized carbons (Fsp3) is 0.316. The highest BCUT2D eigenvalue weighted by atomic mass is 35.5. The fourth-order valence-corrected chi connectivity index (χ4v) is 3.25. The molecule has 0 atom stereocenters. The van der Waals surface area contributed by atoms with Crippen LogP contribution in [0.15, 0.2) is 42.5 Å². The number of ether oxygens (including phenoxy) is 1. The summed E-state index contributed by atoms with van der Waals surface area (Å²) in [6.07, 6.45) is 0. The Bertz CT molecular complexity index is 740. The van der Waals surface area contributed by atoms with Crippen molar-refractivity contribution in [2.75, 3.05) is 38.2 Å². The molecule has 0 N–H and O–H groups in total. The van der Waals surface area contributed by atoms with Crippen LogP contribution in [0.5, 0.6) is 5.75 Å². The molecule has 126 valence electrons. The maximum atomic E-state index is 12.7. The van der Waals surface area contributed by atoms with Gasteiger partial charge in [0.15, 0.2) is 0 Å². The minimum Gasteiger partial charge on any atom is -0.496 e. The summed E-state index contributed by atoms with van der Waals surface area (Å²) in [4.78, 5) is 16.9. The van der Waals surface area contributed by atoms with Crippen LogP contribution in [-0.4, -0.2) is 44.1 Å². The van der Waals surface area contributed by atoms with Crippen molar-refractivity contribution in [1.82, 2.24) is 4.90 Å². The van der Waals surface area contributed by atoms with Crippen molar-refractivity contribution in [2.45, 2.75) is 6.92 Å². The quantitative estimate of drug-likeness (QED) is 0.852. The smallest absolute Gasteiger partial charge is 0.257 e. The molecule has 1 saturated heterocycles. The molecule has 2 aromatic carbocycles. The van der Waals surface area contributed by atoms with Crippen LogP contribution >= 0.6 is 11.6 Å². The van der Waals surface area contributed by atoms with Crippen molar-refractivity contribution in [3.63, 3.8) is 0 Å². The van der Waals surface area contributed by atoms with Crippen molar-refractivity contribution in [3.8, 4) is 5.75 Å². The van der Waals surface area contributed by atoms with Crippen molar-refractivity contribution >= 4 is 23.2 Å². The Hall–Kier alpha value is -2.20. The third-order valence-corrected chi connectivity index (χ3v) is 4.89. The Labute approximate surface area is 147 Å². The summed E-state index contributed by atoms with van der Waals surface area (Å²) in [6.45, 7) is 4.99. The van der Waals surface area contributed by atoms with E-state index < -0.39 is 0 Å². The minimum atomic E-state index is 0.0231. The van der Waals surface area contributed by atoms with E-state index >= 15 is 0 Å². The molecule has 1 aliphatic heterocycles. The first-order valence-corrected chi connectivity index (χ1v) is 8.42. The summed E-state index contributed by atoms with van der Waals surface area (Å²) in [5.74, 6) is 0.644. The van der Waals surface area contributed by atoms with Gasteiger partial charge < -0.3 is 14.5 Å². The summed E-state index contributed by atoms with van der Waals surface area (Å²) < 4.78 is 5.30. The lowest BCUT2D eigenvalue weighted by atomic mass is 10.1. The third-order valence-electron chi connectivity index (χ3n) is 4.48. The van der Waals surface area contributed by atoms with Crippen LogP contribution < -0.4 is 9.64 Å². The zero-order valence-corrected chi connectivity index (χ0v) is 14.7. The maximum Gasteiger partial charge on any atom is 0.257 e. The molecule has 0 bridgehead atoms. The summed E-state index contributed by atoms with van der Waals surface area (Å²) >= 11 is 6.22. The molecule has 0 unspecified atom stereocenters. The number of hydrogen-bond donors (Lipinski definition) is 0. The molecular formula is C19H21ClN2O2. The molecule has 0 aliphatic carbocycles. The van der Waals surface area contributed by atoms with Gasteiger partial charge in [-0.25, -0.2) is 0 Å². The van der Waals surface area contributed by atoms with Gasteiger partial charge in [-0.15, -0.1) is 0 Å². The number of hydrogen-bond acceptors (Lipinski definition) is 3.